The molecule has 4 rings (SSSR count). The number of hydrogen-bond acceptors (Lipinski definition) is 3. The van der Waals surface area contributed by atoms with Crippen LogP contribution in [0.2, 0.25) is 0 Å². The summed E-state index contributed by atoms with van der Waals surface area (Å²) in [6, 6.07) is 8.54. The van der Waals surface area contributed by atoms with Gasteiger partial charge in [-0.15, -0.1) is 0 Å². The molecule has 0 fully saturated rings. The number of aromatic amines is 1. The topological polar surface area (TPSA) is 54.9 Å². The van der Waals surface area contributed by atoms with Crippen LogP contribution in [0.5, 0.6) is 0 Å². The summed E-state index contributed by atoms with van der Waals surface area (Å²) in [5, 5.41) is 0.178. The fourth-order valence-corrected chi connectivity index (χ4v) is 3.86. The standard InChI is InChI=1S/C15H7F3N2O2S/c16-15(17,18)8-4-2-6-10-12(8)20-11-7(13(21)19-14(20)22)3-1-5-9(11)23-10/h1-6H,(H,19,21,22). The number of H-pyrrole nitrogens is 1. The Hall–Kier alpha value is -2.48. The van der Waals surface area contributed by atoms with Crippen LogP contribution in [0, 0.1) is 0 Å². The molecule has 1 aliphatic heterocycles. The quantitative estimate of drug-likeness (QED) is 0.537. The Bertz CT molecular complexity index is 1080. The summed E-state index contributed by atoms with van der Waals surface area (Å²) < 4.78 is 41.0. The first-order chi connectivity index (χ1) is 10.9. The third-order valence-electron chi connectivity index (χ3n) is 3.64. The van der Waals surface area contributed by atoms with Crippen molar-refractivity contribution in [1.29, 1.82) is 0 Å². The van der Waals surface area contributed by atoms with Gasteiger partial charge in [0.2, 0.25) is 0 Å². The van der Waals surface area contributed by atoms with Crippen LogP contribution < -0.4 is 11.2 Å². The molecule has 0 unspecified atom stereocenters. The second kappa shape index (κ2) is 4.51. The van der Waals surface area contributed by atoms with Crippen LogP contribution in [-0.4, -0.2) is 9.55 Å². The Morgan fingerprint density at radius 1 is 1.00 bits per heavy atom. The van der Waals surface area contributed by atoms with Crippen molar-refractivity contribution in [3.8, 4) is 5.69 Å². The molecule has 0 saturated carbocycles. The minimum Gasteiger partial charge on any atom is -0.273 e. The predicted octanol–water partition coefficient (Wildman–Crippen LogP) is 3.16. The lowest BCUT2D eigenvalue weighted by Crippen LogP contribution is -2.32. The monoisotopic (exact) mass is 336 g/mol. The molecule has 4 nitrogen and oxygen atoms in total. The predicted molar refractivity (Wildman–Crippen MR) is 79.3 cm³/mol. The zero-order valence-corrected chi connectivity index (χ0v) is 12.1. The van der Waals surface area contributed by atoms with E-state index in [0.717, 1.165) is 22.4 Å². The van der Waals surface area contributed by atoms with Gasteiger partial charge in [-0.05, 0) is 24.3 Å². The third-order valence-corrected chi connectivity index (χ3v) is 4.74. The van der Waals surface area contributed by atoms with Crippen molar-refractivity contribution in [2.45, 2.75) is 16.0 Å². The molecule has 1 aliphatic rings. The molecule has 0 amide bonds. The highest BCUT2D eigenvalue weighted by molar-refractivity contribution is 7.99. The van der Waals surface area contributed by atoms with Crippen molar-refractivity contribution in [2.75, 3.05) is 0 Å². The number of rotatable bonds is 0. The fourth-order valence-electron chi connectivity index (χ4n) is 2.74. The molecule has 3 aromatic rings. The molecule has 1 aromatic heterocycles. The van der Waals surface area contributed by atoms with E-state index < -0.39 is 23.0 Å². The van der Waals surface area contributed by atoms with Gasteiger partial charge < -0.3 is 0 Å². The summed E-state index contributed by atoms with van der Waals surface area (Å²) in [6.45, 7) is 0. The van der Waals surface area contributed by atoms with Gasteiger partial charge in [0, 0.05) is 9.79 Å². The summed E-state index contributed by atoms with van der Waals surface area (Å²) in [5.41, 5.74) is -2.44. The van der Waals surface area contributed by atoms with Crippen LogP contribution in [-0.2, 0) is 6.18 Å². The largest absolute Gasteiger partial charge is 0.418 e. The van der Waals surface area contributed by atoms with E-state index in [4.69, 9.17) is 0 Å². The van der Waals surface area contributed by atoms with Crippen molar-refractivity contribution < 1.29 is 13.2 Å². The van der Waals surface area contributed by atoms with Crippen LogP contribution in [0.25, 0.3) is 16.6 Å². The van der Waals surface area contributed by atoms with Crippen LogP contribution in [0.4, 0.5) is 13.2 Å². The first kappa shape index (κ1) is 14.1. The number of aromatic nitrogens is 2. The van der Waals surface area contributed by atoms with Gasteiger partial charge in [-0.3, -0.25) is 14.3 Å². The Morgan fingerprint density at radius 3 is 2.43 bits per heavy atom. The number of benzene rings is 2. The van der Waals surface area contributed by atoms with Crippen molar-refractivity contribution in [3.63, 3.8) is 0 Å². The molecule has 0 atom stereocenters. The van der Waals surface area contributed by atoms with Gasteiger partial charge >= 0.3 is 11.9 Å². The van der Waals surface area contributed by atoms with Crippen molar-refractivity contribution in [1.82, 2.24) is 9.55 Å². The number of para-hydroxylation sites is 2. The first-order valence-electron chi connectivity index (χ1n) is 6.54. The van der Waals surface area contributed by atoms with Gasteiger partial charge in [0.15, 0.2) is 0 Å². The van der Waals surface area contributed by atoms with E-state index in [1.165, 1.54) is 18.2 Å². The molecule has 0 bridgehead atoms. The highest BCUT2D eigenvalue weighted by Gasteiger charge is 2.37. The molecular weight excluding hydrogens is 329 g/mol. The second-order valence-electron chi connectivity index (χ2n) is 5.00. The minimum absolute atomic E-state index is 0.178. The second-order valence-corrected chi connectivity index (χ2v) is 6.08. The molecule has 0 radical (unpaired) electrons. The average molecular weight is 336 g/mol. The molecule has 0 aliphatic carbocycles. The summed E-state index contributed by atoms with van der Waals surface area (Å²) in [7, 11) is 0. The Balaban J connectivity index is 2.27. The van der Waals surface area contributed by atoms with Gasteiger partial charge in [-0.2, -0.15) is 13.2 Å². The SMILES string of the molecule is O=c1[nH]c(=O)n2c3c(cccc13)Sc1cccc(C(F)(F)F)c1-2. The van der Waals surface area contributed by atoms with E-state index in [-0.39, 0.29) is 16.6 Å². The summed E-state index contributed by atoms with van der Waals surface area (Å²) in [4.78, 5) is 27.2. The van der Waals surface area contributed by atoms with E-state index in [1.807, 2.05) is 0 Å². The van der Waals surface area contributed by atoms with Crippen molar-refractivity contribution in [2.24, 2.45) is 0 Å². The Morgan fingerprint density at radius 2 is 1.70 bits per heavy atom. The number of nitrogens with one attached hydrogen (secondary N) is 1. The van der Waals surface area contributed by atoms with Gasteiger partial charge in [-0.1, -0.05) is 23.9 Å². The van der Waals surface area contributed by atoms with E-state index in [1.54, 1.807) is 12.1 Å². The normalized spacial score (nSPS) is 13.2. The van der Waals surface area contributed by atoms with E-state index in [9.17, 15) is 22.8 Å². The molecule has 2 heterocycles. The lowest BCUT2D eigenvalue weighted by molar-refractivity contribution is -0.137. The molecule has 116 valence electrons. The highest BCUT2D eigenvalue weighted by Crippen LogP contribution is 2.45. The van der Waals surface area contributed by atoms with Crippen LogP contribution in [0.15, 0.2) is 55.8 Å². The number of alkyl halides is 3. The van der Waals surface area contributed by atoms with Gasteiger partial charge in [0.1, 0.15) is 0 Å². The Labute approximate surface area is 130 Å². The number of nitrogens with zero attached hydrogens (tertiary/aromatic N) is 1. The molecule has 8 heteroatoms. The molecule has 0 saturated heterocycles. The number of hydrogen-bond donors (Lipinski definition) is 1. The van der Waals surface area contributed by atoms with Gasteiger partial charge in [-0.25, -0.2) is 4.79 Å². The zero-order chi connectivity index (χ0) is 16.4. The average Bonchev–Trinajstić information content (AvgIpc) is 2.49. The Kier molecular flexibility index (Phi) is 2.77. The van der Waals surface area contributed by atoms with Crippen LogP contribution in [0.3, 0.4) is 0 Å². The molecule has 2 aromatic carbocycles. The summed E-state index contributed by atoms with van der Waals surface area (Å²) in [6.07, 6.45) is -4.61. The molecular formula is C15H7F3N2O2S. The summed E-state index contributed by atoms with van der Waals surface area (Å²) >= 11 is 1.11. The fraction of sp³-hybridized carbons (Fsp3) is 0.0667. The molecule has 0 spiro atoms. The van der Waals surface area contributed by atoms with Crippen LogP contribution >= 0.6 is 11.8 Å². The van der Waals surface area contributed by atoms with E-state index in [0.29, 0.717) is 9.79 Å². The lowest BCUT2D eigenvalue weighted by Gasteiger charge is -2.24. The van der Waals surface area contributed by atoms with E-state index >= 15 is 0 Å². The van der Waals surface area contributed by atoms with Crippen molar-refractivity contribution >= 4 is 22.7 Å². The number of halogens is 3. The zero-order valence-electron chi connectivity index (χ0n) is 11.3. The number of fused-ring (bicyclic) bond motifs is 2. The van der Waals surface area contributed by atoms with Gasteiger partial charge in [0.25, 0.3) is 5.56 Å². The molecule has 1 N–H and O–H groups in total. The first-order valence-corrected chi connectivity index (χ1v) is 7.36. The maximum atomic E-state index is 13.3. The van der Waals surface area contributed by atoms with Crippen molar-refractivity contribution in [3.05, 3.63) is 62.8 Å². The molecule has 23 heavy (non-hydrogen) atoms. The maximum absolute atomic E-state index is 13.3. The van der Waals surface area contributed by atoms with E-state index in [2.05, 4.69) is 4.98 Å². The third kappa shape index (κ3) is 1.94. The van der Waals surface area contributed by atoms with Gasteiger partial charge in [0.05, 0.1) is 22.2 Å². The van der Waals surface area contributed by atoms with Crippen LogP contribution in [0.1, 0.15) is 5.56 Å². The maximum Gasteiger partial charge on any atom is 0.418 e. The smallest absolute Gasteiger partial charge is 0.273 e. The highest BCUT2D eigenvalue weighted by atomic mass is 32.2. The summed E-state index contributed by atoms with van der Waals surface area (Å²) in [5.74, 6) is 0. The minimum atomic E-state index is -4.61. The lowest BCUT2D eigenvalue weighted by atomic mass is 10.1.